The van der Waals surface area contributed by atoms with E-state index in [-0.39, 0.29) is 12.0 Å². The van der Waals surface area contributed by atoms with E-state index in [0.717, 1.165) is 25.0 Å². The van der Waals surface area contributed by atoms with Crippen LogP contribution in [0.4, 0.5) is 0 Å². The smallest absolute Gasteiger partial charge is 0.251 e. The summed E-state index contributed by atoms with van der Waals surface area (Å²) in [7, 11) is 3.15. The van der Waals surface area contributed by atoms with Gasteiger partial charge in [0.25, 0.3) is 5.91 Å². The van der Waals surface area contributed by atoms with Crippen LogP contribution in [0.25, 0.3) is 6.08 Å². The zero-order chi connectivity index (χ0) is 15.9. The van der Waals surface area contributed by atoms with E-state index < -0.39 is 0 Å². The van der Waals surface area contributed by atoms with Gasteiger partial charge in [-0.1, -0.05) is 12.2 Å². The molecule has 0 saturated carbocycles. The quantitative estimate of drug-likeness (QED) is 0.878. The molecule has 1 aliphatic rings. The molecule has 2 rings (SSSR count). The number of carbonyl (C=O) groups is 1. The van der Waals surface area contributed by atoms with Gasteiger partial charge in [0.2, 0.25) is 0 Å². The van der Waals surface area contributed by atoms with E-state index >= 15 is 0 Å². The molecule has 1 saturated heterocycles. The normalized spacial score (nSPS) is 17.7. The Labute approximate surface area is 131 Å². The maximum atomic E-state index is 12.3. The van der Waals surface area contributed by atoms with Gasteiger partial charge in [0.1, 0.15) is 0 Å². The molecule has 120 valence electrons. The van der Waals surface area contributed by atoms with Crippen LogP contribution in [0.2, 0.25) is 0 Å². The Morgan fingerprint density at radius 3 is 2.82 bits per heavy atom. The fourth-order valence-corrected chi connectivity index (χ4v) is 2.54. The first-order valence-corrected chi connectivity index (χ1v) is 7.48. The fourth-order valence-electron chi connectivity index (χ4n) is 2.54. The van der Waals surface area contributed by atoms with Crippen molar-refractivity contribution >= 4 is 12.0 Å². The van der Waals surface area contributed by atoms with Gasteiger partial charge in [-0.15, -0.1) is 0 Å². The second-order valence-corrected chi connectivity index (χ2v) is 5.15. The maximum absolute atomic E-state index is 12.3. The van der Waals surface area contributed by atoms with E-state index in [0.29, 0.717) is 23.6 Å². The molecule has 1 aromatic carbocycles. The highest BCUT2D eigenvalue weighted by Crippen LogP contribution is 2.33. The number of hydrogen-bond acceptors (Lipinski definition) is 4. The van der Waals surface area contributed by atoms with Crippen LogP contribution in [-0.4, -0.2) is 39.4 Å². The van der Waals surface area contributed by atoms with E-state index in [1.54, 1.807) is 26.4 Å². The highest BCUT2D eigenvalue weighted by atomic mass is 16.5. The topological polar surface area (TPSA) is 56.8 Å². The van der Waals surface area contributed by atoms with E-state index in [9.17, 15) is 4.79 Å². The van der Waals surface area contributed by atoms with Crippen molar-refractivity contribution in [3.05, 3.63) is 29.3 Å². The molecule has 0 aliphatic carbocycles. The molecule has 5 heteroatoms. The minimum atomic E-state index is -0.137. The van der Waals surface area contributed by atoms with Crippen LogP contribution in [-0.2, 0) is 4.74 Å². The van der Waals surface area contributed by atoms with E-state index in [1.807, 2.05) is 19.1 Å². The minimum Gasteiger partial charge on any atom is -0.493 e. The lowest BCUT2D eigenvalue weighted by molar-refractivity contribution is 0.0857. The molecule has 1 aromatic rings. The average molecular weight is 305 g/mol. The Morgan fingerprint density at radius 1 is 1.41 bits per heavy atom. The Bertz CT molecular complexity index is 548. The molecule has 1 amide bonds. The Hall–Kier alpha value is -2.01. The summed E-state index contributed by atoms with van der Waals surface area (Å²) >= 11 is 0. The first kappa shape index (κ1) is 16.4. The van der Waals surface area contributed by atoms with Crippen molar-refractivity contribution < 1.29 is 19.0 Å². The number of ether oxygens (including phenoxy) is 3. The number of methoxy groups -OCH3 is 2. The predicted octanol–water partition coefficient (Wildman–Crippen LogP) is 2.65. The number of benzene rings is 1. The molecule has 0 spiro atoms. The van der Waals surface area contributed by atoms with Crippen LogP contribution >= 0.6 is 0 Å². The molecule has 1 atom stereocenters. The zero-order valence-electron chi connectivity index (χ0n) is 13.3. The summed E-state index contributed by atoms with van der Waals surface area (Å²) in [6.45, 7) is 3.23. The maximum Gasteiger partial charge on any atom is 0.251 e. The molecule has 0 aromatic heterocycles. The number of rotatable bonds is 6. The van der Waals surface area contributed by atoms with Gasteiger partial charge in [0.15, 0.2) is 11.5 Å². The number of nitrogens with one attached hydrogen (secondary N) is 1. The summed E-state index contributed by atoms with van der Waals surface area (Å²) in [5, 5.41) is 2.91. The van der Waals surface area contributed by atoms with Crippen molar-refractivity contribution in [1.82, 2.24) is 5.32 Å². The van der Waals surface area contributed by atoms with E-state index in [4.69, 9.17) is 14.2 Å². The van der Waals surface area contributed by atoms with Gasteiger partial charge in [-0.25, -0.2) is 0 Å². The second-order valence-electron chi connectivity index (χ2n) is 5.15. The summed E-state index contributed by atoms with van der Waals surface area (Å²) in [5.74, 6) is 1.03. The molecule has 5 nitrogen and oxygen atoms in total. The van der Waals surface area contributed by atoms with Gasteiger partial charge < -0.3 is 19.5 Å². The fraction of sp³-hybridized carbons (Fsp3) is 0.471. The molecular weight excluding hydrogens is 282 g/mol. The van der Waals surface area contributed by atoms with Gasteiger partial charge in [-0.05, 0) is 31.9 Å². The third-order valence-electron chi connectivity index (χ3n) is 3.63. The second kappa shape index (κ2) is 7.84. The third kappa shape index (κ3) is 3.80. The highest BCUT2D eigenvalue weighted by molar-refractivity contribution is 5.96. The third-order valence-corrected chi connectivity index (χ3v) is 3.63. The minimum absolute atomic E-state index is 0.124. The molecule has 1 heterocycles. The van der Waals surface area contributed by atoms with Crippen LogP contribution in [0, 0.1) is 0 Å². The van der Waals surface area contributed by atoms with Crippen molar-refractivity contribution in [3.8, 4) is 11.5 Å². The molecule has 1 fully saturated rings. The zero-order valence-corrected chi connectivity index (χ0v) is 13.3. The van der Waals surface area contributed by atoms with Crippen LogP contribution in [0.15, 0.2) is 18.2 Å². The molecule has 1 aliphatic heterocycles. The van der Waals surface area contributed by atoms with Crippen molar-refractivity contribution in [3.63, 3.8) is 0 Å². The van der Waals surface area contributed by atoms with Gasteiger partial charge in [0.05, 0.1) is 20.3 Å². The van der Waals surface area contributed by atoms with Crippen molar-refractivity contribution in [2.75, 3.05) is 27.4 Å². The van der Waals surface area contributed by atoms with Gasteiger partial charge in [-0.2, -0.15) is 0 Å². The Morgan fingerprint density at radius 2 is 2.23 bits per heavy atom. The SMILES string of the molecule is CC=Cc1cc(C(=O)NCC2CCCO2)cc(OC)c1OC. The molecule has 22 heavy (non-hydrogen) atoms. The lowest BCUT2D eigenvalue weighted by atomic mass is 10.1. The summed E-state index contributed by atoms with van der Waals surface area (Å²) < 4.78 is 16.2. The monoisotopic (exact) mass is 305 g/mol. The first-order valence-electron chi connectivity index (χ1n) is 7.48. The lowest BCUT2D eigenvalue weighted by Gasteiger charge is -2.14. The molecule has 0 bridgehead atoms. The van der Waals surface area contributed by atoms with E-state index in [1.165, 1.54) is 0 Å². The molecule has 0 radical (unpaired) electrons. The molecular formula is C17H23NO4. The summed E-state index contributed by atoms with van der Waals surface area (Å²) in [4.78, 5) is 12.3. The van der Waals surface area contributed by atoms with Crippen LogP contribution in [0.1, 0.15) is 35.7 Å². The Kier molecular flexibility index (Phi) is 5.83. The summed E-state index contributed by atoms with van der Waals surface area (Å²) in [6, 6.07) is 3.49. The summed E-state index contributed by atoms with van der Waals surface area (Å²) in [5.41, 5.74) is 1.36. The van der Waals surface area contributed by atoms with Gasteiger partial charge >= 0.3 is 0 Å². The highest BCUT2D eigenvalue weighted by Gasteiger charge is 2.18. The van der Waals surface area contributed by atoms with Gasteiger partial charge in [-0.3, -0.25) is 4.79 Å². The molecule has 1 unspecified atom stereocenters. The van der Waals surface area contributed by atoms with Crippen molar-refractivity contribution in [2.45, 2.75) is 25.9 Å². The van der Waals surface area contributed by atoms with Crippen LogP contribution < -0.4 is 14.8 Å². The number of hydrogen-bond donors (Lipinski definition) is 1. The Balaban J connectivity index is 2.18. The van der Waals surface area contributed by atoms with Crippen LogP contribution in [0.3, 0.4) is 0 Å². The summed E-state index contributed by atoms with van der Waals surface area (Å²) in [6.07, 6.45) is 5.96. The van der Waals surface area contributed by atoms with Gasteiger partial charge in [0, 0.05) is 24.3 Å². The van der Waals surface area contributed by atoms with E-state index in [2.05, 4.69) is 5.32 Å². The largest absolute Gasteiger partial charge is 0.493 e. The number of amides is 1. The lowest BCUT2D eigenvalue weighted by Crippen LogP contribution is -2.31. The van der Waals surface area contributed by atoms with Crippen molar-refractivity contribution in [2.24, 2.45) is 0 Å². The first-order chi connectivity index (χ1) is 10.7. The average Bonchev–Trinajstić information content (AvgIpc) is 3.05. The standard InChI is InChI=1S/C17H23NO4/c1-4-6-12-9-13(10-15(20-2)16(12)21-3)17(19)18-11-14-7-5-8-22-14/h4,6,9-10,14H,5,7-8,11H2,1-3H3,(H,18,19). The van der Waals surface area contributed by atoms with Crippen LogP contribution in [0.5, 0.6) is 11.5 Å². The molecule has 1 N–H and O–H groups in total. The van der Waals surface area contributed by atoms with Crippen molar-refractivity contribution in [1.29, 1.82) is 0 Å². The number of carbonyl (C=O) groups excluding carboxylic acids is 1. The predicted molar refractivity (Wildman–Crippen MR) is 85.6 cm³/mol. The number of allylic oxidation sites excluding steroid dienone is 1.